The summed E-state index contributed by atoms with van der Waals surface area (Å²) in [7, 11) is 0. The van der Waals surface area contributed by atoms with Crippen molar-refractivity contribution in [3.05, 3.63) is 191 Å². The molecule has 0 fully saturated rings. The van der Waals surface area contributed by atoms with Crippen LogP contribution in [0.2, 0.25) is 0 Å². The molecule has 1 unspecified atom stereocenters. The fourth-order valence-corrected chi connectivity index (χ4v) is 7.43. The van der Waals surface area contributed by atoms with E-state index in [9.17, 15) is 28.8 Å². The summed E-state index contributed by atoms with van der Waals surface area (Å²) in [6.45, 7) is 8.25. The first-order chi connectivity index (χ1) is 32.4. The van der Waals surface area contributed by atoms with Gasteiger partial charge in [0.1, 0.15) is 19.8 Å². The van der Waals surface area contributed by atoms with E-state index >= 15 is 0 Å². The summed E-state index contributed by atoms with van der Waals surface area (Å²) in [5, 5.41) is 8.94. The number of rotatable bonds is 23. The van der Waals surface area contributed by atoms with Crippen molar-refractivity contribution in [3.8, 4) is 17.2 Å². The van der Waals surface area contributed by atoms with E-state index in [-0.39, 0.29) is 86.5 Å². The maximum absolute atomic E-state index is 14.1. The number of H-pyrrole nitrogens is 3. The largest absolute Gasteiger partial charge is 0.482 e. The predicted octanol–water partition coefficient (Wildman–Crippen LogP) is 5.47. The van der Waals surface area contributed by atoms with Gasteiger partial charge in [-0.15, -0.1) is 0 Å². The highest BCUT2D eigenvalue weighted by molar-refractivity contribution is 5.98. The Hall–Kier alpha value is -7.72. The van der Waals surface area contributed by atoms with Crippen LogP contribution in [0.1, 0.15) is 84.6 Å². The highest BCUT2D eigenvalue weighted by atomic mass is 16.5. The summed E-state index contributed by atoms with van der Waals surface area (Å²) in [5.74, 6) is -1.87. The lowest BCUT2D eigenvalue weighted by Crippen LogP contribution is -2.48. The standard InChI is InChI=1S/C51H57N7O9/c1-5-15-39(57-48(61)42-28-35(4)56-51(64)45(42)67-32-38-20-13-8-14-21-38)29-58(24-22-52-46(59)40-26-33(2)54-49(62)43(40)65-30-36-16-9-6-10-17-36)25-23-53-47(60)41-27-34(3)55-50(63)44(41)66-31-37-18-11-7-12-19-37/h6-14,16-21,26-28,39H,5,15,22-25,29-32H2,1-4H3,(H,52,59)(H,53,60)(H,54,62)(H,55,63)(H,56,64)(H,57,61). The van der Waals surface area contributed by atoms with Crippen molar-refractivity contribution in [3.63, 3.8) is 0 Å². The lowest BCUT2D eigenvalue weighted by Gasteiger charge is -2.28. The van der Waals surface area contributed by atoms with Crippen molar-refractivity contribution < 1.29 is 28.6 Å². The second-order valence-corrected chi connectivity index (χ2v) is 16.2. The number of aromatic amines is 3. The molecule has 350 valence electrons. The van der Waals surface area contributed by atoms with Crippen LogP contribution in [0, 0.1) is 20.8 Å². The molecule has 0 radical (unpaired) electrons. The summed E-state index contributed by atoms with van der Waals surface area (Å²) in [5.41, 5.74) is 2.52. The molecule has 67 heavy (non-hydrogen) atoms. The zero-order valence-corrected chi connectivity index (χ0v) is 38.2. The number of nitrogens with one attached hydrogen (secondary N) is 6. The van der Waals surface area contributed by atoms with Crippen LogP contribution in [-0.2, 0) is 19.8 Å². The van der Waals surface area contributed by atoms with Gasteiger partial charge in [0.2, 0.25) is 0 Å². The number of benzene rings is 3. The molecule has 3 amide bonds. The summed E-state index contributed by atoms with van der Waals surface area (Å²) >= 11 is 0. The van der Waals surface area contributed by atoms with Crippen molar-refractivity contribution in [2.24, 2.45) is 0 Å². The molecular formula is C51H57N7O9. The van der Waals surface area contributed by atoms with Crippen molar-refractivity contribution >= 4 is 17.7 Å². The van der Waals surface area contributed by atoms with Crippen LogP contribution in [0.3, 0.4) is 0 Å². The predicted molar refractivity (Wildman–Crippen MR) is 255 cm³/mol. The molecule has 3 aromatic heterocycles. The van der Waals surface area contributed by atoms with E-state index in [1.54, 1.807) is 39.0 Å². The van der Waals surface area contributed by atoms with Crippen LogP contribution in [0.5, 0.6) is 17.2 Å². The fourth-order valence-electron chi connectivity index (χ4n) is 7.43. The third kappa shape index (κ3) is 14.1. The summed E-state index contributed by atoms with van der Waals surface area (Å²) < 4.78 is 17.7. The van der Waals surface area contributed by atoms with Gasteiger partial charge in [0, 0.05) is 55.8 Å². The Morgan fingerprint density at radius 2 is 0.881 bits per heavy atom. The van der Waals surface area contributed by atoms with E-state index in [4.69, 9.17) is 14.2 Å². The van der Waals surface area contributed by atoms with Crippen LogP contribution in [-0.4, -0.2) is 76.3 Å². The van der Waals surface area contributed by atoms with Gasteiger partial charge in [0.25, 0.3) is 34.4 Å². The SMILES string of the molecule is CCCC(CN(CCNC(=O)c1cc(C)[nH]c(=O)c1OCc1ccccc1)CCNC(=O)c1cc(C)[nH]c(=O)c1OCc1ccccc1)NC(=O)c1cc(C)[nH]c(=O)c1OCc1ccccc1. The molecule has 3 heterocycles. The molecule has 16 nitrogen and oxygen atoms in total. The van der Waals surface area contributed by atoms with Crippen LogP contribution in [0.4, 0.5) is 0 Å². The van der Waals surface area contributed by atoms with Gasteiger partial charge >= 0.3 is 0 Å². The maximum atomic E-state index is 14.1. The first-order valence-electron chi connectivity index (χ1n) is 22.2. The van der Waals surface area contributed by atoms with Gasteiger partial charge in [-0.2, -0.15) is 0 Å². The number of pyridine rings is 3. The van der Waals surface area contributed by atoms with Crippen LogP contribution >= 0.6 is 0 Å². The molecule has 6 rings (SSSR count). The molecular weight excluding hydrogens is 855 g/mol. The van der Waals surface area contributed by atoms with Gasteiger partial charge in [-0.25, -0.2) is 0 Å². The topological polar surface area (TPSA) is 217 Å². The minimum absolute atomic E-state index is 0.0731. The Balaban J connectivity index is 1.19. The van der Waals surface area contributed by atoms with Crippen LogP contribution < -0.4 is 46.8 Å². The number of aromatic nitrogens is 3. The number of aryl methyl sites for hydroxylation is 3. The minimum atomic E-state index is -0.537. The van der Waals surface area contributed by atoms with E-state index in [1.165, 1.54) is 0 Å². The number of ether oxygens (including phenoxy) is 3. The minimum Gasteiger partial charge on any atom is -0.482 e. The molecule has 0 saturated heterocycles. The monoisotopic (exact) mass is 911 g/mol. The summed E-state index contributed by atoms with van der Waals surface area (Å²) in [6.07, 6.45) is 1.24. The molecule has 6 N–H and O–H groups in total. The van der Waals surface area contributed by atoms with Gasteiger partial charge in [0.15, 0.2) is 17.2 Å². The number of carbonyl (C=O) groups is 3. The molecule has 1 atom stereocenters. The van der Waals surface area contributed by atoms with E-state index in [2.05, 4.69) is 30.9 Å². The van der Waals surface area contributed by atoms with Crippen LogP contribution in [0.15, 0.2) is 124 Å². The lowest BCUT2D eigenvalue weighted by atomic mass is 10.1. The molecule has 6 aromatic rings. The number of nitrogens with zero attached hydrogens (tertiary/aromatic N) is 1. The van der Waals surface area contributed by atoms with Gasteiger partial charge in [-0.3, -0.25) is 33.7 Å². The van der Waals surface area contributed by atoms with E-state index < -0.39 is 40.4 Å². The normalized spacial score (nSPS) is 11.4. The molecule has 0 aliphatic heterocycles. The second-order valence-electron chi connectivity index (χ2n) is 16.2. The van der Waals surface area contributed by atoms with Crippen LogP contribution in [0.25, 0.3) is 0 Å². The summed E-state index contributed by atoms with van der Waals surface area (Å²) in [4.78, 5) is 90.9. The highest BCUT2D eigenvalue weighted by Crippen LogP contribution is 2.19. The van der Waals surface area contributed by atoms with Crippen molar-refractivity contribution in [1.29, 1.82) is 0 Å². The Kier molecular flexibility index (Phi) is 17.4. The van der Waals surface area contributed by atoms with Gasteiger partial charge in [-0.1, -0.05) is 104 Å². The van der Waals surface area contributed by atoms with Gasteiger partial charge < -0.3 is 45.1 Å². The quantitative estimate of drug-likeness (QED) is 0.0476. The Morgan fingerprint density at radius 1 is 0.537 bits per heavy atom. The van der Waals surface area contributed by atoms with Crippen molar-refractivity contribution in [2.45, 2.75) is 66.4 Å². The average molecular weight is 912 g/mol. The smallest absolute Gasteiger partial charge is 0.291 e. The number of carbonyl (C=O) groups excluding carboxylic acids is 3. The molecule has 0 bridgehead atoms. The lowest BCUT2D eigenvalue weighted by molar-refractivity contribution is 0.0915. The Labute approximate surface area is 388 Å². The fraction of sp³-hybridized carbons (Fsp3) is 0.294. The van der Waals surface area contributed by atoms with Crippen molar-refractivity contribution in [1.82, 2.24) is 35.8 Å². The molecule has 0 aliphatic carbocycles. The third-order valence-corrected chi connectivity index (χ3v) is 10.7. The average Bonchev–Trinajstić information content (AvgIpc) is 3.31. The highest BCUT2D eigenvalue weighted by Gasteiger charge is 2.24. The van der Waals surface area contributed by atoms with Gasteiger partial charge in [0.05, 0.1) is 16.7 Å². The van der Waals surface area contributed by atoms with Gasteiger partial charge in [-0.05, 0) is 62.1 Å². The number of hydrogen-bond donors (Lipinski definition) is 6. The summed E-state index contributed by atoms with van der Waals surface area (Å²) in [6, 6.07) is 32.1. The molecule has 0 aliphatic rings. The van der Waals surface area contributed by atoms with E-state index in [0.29, 0.717) is 29.9 Å². The third-order valence-electron chi connectivity index (χ3n) is 10.7. The molecule has 0 spiro atoms. The Bertz CT molecular complexity index is 2670. The zero-order valence-electron chi connectivity index (χ0n) is 38.2. The first-order valence-corrected chi connectivity index (χ1v) is 22.2. The van der Waals surface area contributed by atoms with Crippen molar-refractivity contribution in [2.75, 3.05) is 32.7 Å². The number of amides is 3. The first kappa shape index (κ1) is 48.7. The molecule has 0 saturated carbocycles. The number of hydrogen-bond acceptors (Lipinski definition) is 10. The molecule has 16 heteroatoms. The molecule has 3 aromatic carbocycles. The van der Waals surface area contributed by atoms with E-state index in [0.717, 1.165) is 16.7 Å². The maximum Gasteiger partial charge on any atom is 0.291 e. The van der Waals surface area contributed by atoms with E-state index in [1.807, 2.05) is 103 Å². The second kappa shape index (κ2) is 24.0. The zero-order chi connectivity index (χ0) is 47.7. The Morgan fingerprint density at radius 3 is 1.22 bits per heavy atom.